The molecular formula is C12H21BNO11P3S2. The van der Waals surface area contributed by atoms with Crippen molar-refractivity contribution < 1.29 is 51.3 Å². The molecule has 0 aliphatic heterocycles. The summed E-state index contributed by atoms with van der Waals surface area (Å²) >= 11 is 0. The molecular weight excluding hydrogens is 502 g/mol. The number of pyridine rings is 1. The van der Waals surface area contributed by atoms with Gasteiger partial charge in [-0.3, -0.25) is 9.51 Å². The second-order valence-electron chi connectivity index (χ2n) is 5.21. The van der Waals surface area contributed by atoms with E-state index in [0.29, 0.717) is 0 Å². The van der Waals surface area contributed by atoms with Crippen molar-refractivity contribution in [3.63, 3.8) is 0 Å². The van der Waals surface area contributed by atoms with Gasteiger partial charge in [-0.25, -0.2) is 13.4 Å². The van der Waals surface area contributed by atoms with E-state index in [-0.39, 0.29) is 6.32 Å². The van der Waals surface area contributed by atoms with Crippen LogP contribution in [0.4, 0.5) is 0 Å². The Bertz CT molecular complexity index is 722. The van der Waals surface area contributed by atoms with Gasteiger partial charge in [-0.15, -0.1) is 0 Å². The third kappa shape index (κ3) is 10.8. The van der Waals surface area contributed by atoms with E-state index in [1.807, 2.05) is 6.26 Å². The molecule has 0 bridgehead atoms. The van der Waals surface area contributed by atoms with Gasteiger partial charge in [0.2, 0.25) is 0 Å². The van der Waals surface area contributed by atoms with Gasteiger partial charge in [0.1, 0.15) is 11.5 Å². The maximum atomic E-state index is 11.9. The zero-order valence-corrected chi connectivity index (χ0v) is 20.1. The van der Waals surface area contributed by atoms with Crippen LogP contribution in [0.15, 0.2) is 24.5 Å². The topological polar surface area (TPSA) is 174 Å². The van der Waals surface area contributed by atoms with Crippen molar-refractivity contribution in [3.8, 4) is 0 Å². The molecule has 1 rings (SSSR count). The second kappa shape index (κ2) is 13.9. The number of nitrogens with zero attached hydrogens (tertiary/aromatic N) is 1. The van der Waals surface area contributed by atoms with Gasteiger partial charge in [0.15, 0.2) is 0 Å². The fraction of sp³-hybridized carbons (Fsp3) is 0.583. The number of rotatable bonds is 15. The minimum absolute atomic E-state index is 0.0457. The second-order valence-corrected chi connectivity index (χ2v) is 11.7. The van der Waals surface area contributed by atoms with E-state index in [9.17, 15) is 18.9 Å². The smallest absolute Gasteiger partial charge is 0.376 e. The van der Waals surface area contributed by atoms with Gasteiger partial charge in [0.05, 0.1) is 20.6 Å². The van der Waals surface area contributed by atoms with E-state index >= 15 is 0 Å². The van der Waals surface area contributed by atoms with E-state index in [4.69, 9.17) is 27.1 Å². The van der Waals surface area contributed by atoms with E-state index < -0.39 is 48.5 Å². The Kier molecular flexibility index (Phi) is 13.2. The highest BCUT2D eigenvalue weighted by molar-refractivity contribution is 8.76. The lowest BCUT2D eigenvalue weighted by Crippen LogP contribution is -2.35. The number of phosphoric acid groups is 2. The SMILES string of the molecule is [B]CC(OC(SSC)c1ccncc1)C(COP(=O)(O)OP(=O)(O)OP(O)O)OC. The molecule has 1 heterocycles. The van der Waals surface area contributed by atoms with Gasteiger partial charge < -0.3 is 29.0 Å². The predicted octanol–water partition coefficient (Wildman–Crippen LogP) is 2.54. The number of phosphoric ester groups is 1. The standard InChI is InChI=1S/C12H21BNO11P3S2/c1-21-11(8-22-27(17,18)25-28(19,20)24-26(15)16)10(7-13)23-12(30-29-2)9-3-5-14-6-4-9/h3-6,10-12,15-16H,7-8H2,1-2H3,(H,17,18)(H,19,20). The Labute approximate surface area is 184 Å². The summed E-state index contributed by atoms with van der Waals surface area (Å²) in [6, 6.07) is 3.51. The molecule has 1 aromatic heterocycles. The molecule has 170 valence electrons. The third-order valence-electron chi connectivity index (χ3n) is 3.19. The van der Waals surface area contributed by atoms with Gasteiger partial charge in [-0.2, -0.15) is 4.31 Å². The zero-order valence-electron chi connectivity index (χ0n) is 15.8. The molecule has 0 aliphatic carbocycles. The summed E-state index contributed by atoms with van der Waals surface area (Å²) in [7, 11) is -3.82. The van der Waals surface area contributed by atoms with Gasteiger partial charge in [0.25, 0.3) is 0 Å². The van der Waals surface area contributed by atoms with Gasteiger partial charge in [-0.1, -0.05) is 27.9 Å². The highest BCUT2D eigenvalue weighted by Gasteiger charge is 2.38. The fourth-order valence-corrected chi connectivity index (χ4v) is 6.29. The normalized spacial score (nSPS) is 19.0. The van der Waals surface area contributed by atoms with E-state index in [1.165, 1.54) is 28.7 Å². The minimum Gasteiger partial charge on any atom is -0.376 e. The van der Waals surface area contributed by atoms with Crippen LogP contribution in [0.25, 0.3) is 0 Å². The fourth-order valence-electron chi connectivity index (χ4n) is 1.97. The van der Waals surface area contributed by atoms with E-state index in [2.05, 4.69) is 18.1 Å². The van der Waals surface area contributed by atoms with Crippen molar-refractivity contribution in [3.05, 3.63) is 30.1 Å². The molecule has 0 amide bonds. The molecule has 18 heteroatoms. The number of ether oxygens (including phenoxy) is 2. The minimum atomic E-state index is -5.26. The zero-order chi connectivity index (χ0) is 22.8. The number of hydrogen-bond acceptors (Lipinski definition) is 12. The molecule has 0 saturated carbocycles. The number of hydrogen-bond donors (Lipinski definition) is 4. The Balaban J connectivity index is 2.80. The molecule has 0 fully saturated rings. The first kappa shape index (κ1) is 28.5. The van der Waals surface area contributed by atoms with E-state index in [0.717, 1.165) is 5.56 Å². The van der Waals surface area contributed by atoms with Gasteiger partial charge >= 0.3 is 24.2 Å². The van der Waals surface area contributed by atoms with E-state index in [1.54, 1.807) is 24.5 Å². The summed E-state index contributed by atoms with van der Waals surface area (Å²) < 4.78 is 46.9. The Morgan fingerprint density at radius 2 is 1.83 bits per heavy atom. The van der Waals surface area contributed by atoms with Crippen LogP contribution >= 0.6 is 45.8 Å². The van der Waals surface area contributed by atoms with Crippen LogP contribution in [0.5, 0.6) is 0 Å². The van der Waals surface area contributed by atoms with Gasteiger partial charge in [-0.05, 0) is 24.0 Å². The Morgan fingerprint density at radius 1 is 1.20 bits per heavy atom. The molecule has 0 spiro atoms. The van der Waals surface area contributed by atoms with Crippen molar-refractivity contribution in [1.29, 1.82) is 0 Å². The molecule has 0 aliphatic rings. The number of aromatic nitrogens is 1. The van der Waals surface area contributed by atoms with Gasteiger partial charge in [0, 0.05) is 19.5 Å². The molecule has 12 nitrogen and oxygen atoms in total. The van der Waals surface area contributed by atoms with Crippen molar-refractivity contribution in [2.24, 2.45) is 0 Å². The molecule has 5 atom stereocenters. The summed E-state index contributed by atoms with van der Waals surface area (Å²) in [4.78, 5) is 39.9. The van der Waals surface area contributed by atoms with Crippen LogP contribution in [0, 0.1) is 0 Å². The maximum absolute atomic E-state index is 11.9. The van der Waals surface area contributed by atoms with Crippen molar-refractivity contribution in [1.82, 2.24) is 4.98 Å². The Morgan fingerprint density at radius 3 is 2.33 bits per heavy atom. The molecule has 0 aromatic carbocycles. The molecule has 30 heavy (non-hydrogen) atoms. The summed E-state index contributed by atoms with van der Waals surface area (Å²) in [6.07, 6.45) is 3.25. The lowest BCUT2D eigenvalue weighted by molar-refractivity contribution is -0.0743. The first-order valence-electron chi connectivity index (χ1n) is 7.90. The summed E-state index contributed by atoms with van der Waals surface area (Å²) in [5, 5.41) is 0. The van der Waals surface area contributed by atoms with Crippen molar-refractivity contribution in [2.75, 3.05) is 20.0 Å². The maximum Gasteiger partial charge on any atom is 0.487 e. The van der Waals surface area contributed by atoms with Crippen LogP contribution in [0.1, 0.15) is 11.0 Å². The average Bonchev–Trinajstić information content (AvgIpc) is 2.65. The van der Waals surface area contributed by atoms with Crippen LogP contribution < -0.4 is 0 Å². The van der Waals surface area contributed by atoms with Crippen molar-refractivity contribution in [2.45, 2.75) is 24.0 Å². The number of methoxy groups -OCH3 is 1. The molecule has 0 saturated heterocycles. The lowest BCUT2D eigenvalue weighted by atomic mass is 9.96. The van der Waals surface area contributed by atoms with Crippen LogP contribution in [-0.2, 0) is 31.7 Å². The Hall–Kier alpha value is 0.445. The lowest BCUT2D eigenvalue weighted by Gasteiger charge is -2.29. The largest absolute Gasteiger partial charge is 0.487 e. The van der Waals surface area contributed by atoms with Crippen LogP contribution in [0.2, 0.25) is 6.32 Å². The first-order chi connectivity index (χ1) is 14.0. The monoisotopic (exact) mass is 523 g/mol. The molecule has 1 aromatic rings. The highest BCUT2D eigenvalue weighted by atomic mass is 33.1. The molecule has 2 radical (unpaired) electrons. The quantitative estimate of drug-likeness (QED) is 0.114. The van der Waals surface area contributed by atoms with Crippen LogP contribution in [0.3, 0.4) is 0 Å². The molecule has 4 N–H and O–H groups in total. The summed E-state index contributed by atoms with van der Waals surface area (Å²) in [5.41, 5.74) is 0.336. The van der Waals surface area contributed by atoms with Crippen LogP contribution in [-0.4, -0.2) is 64.6 Å². The first-order valence-corrected chi connectivity index (χ1v) is 14.7. The highest BCUT2D eigenvalue weighted by Crippen LogP contribution is 2.64. The summed E-state index contributed by atoms with van der Waals surface area (Å²) in [5.74, 6) is 0. The molecule has 5 unspecified atom stereocenters. The average molecular weight is 523 g/mol. The predicted molar refractivity (Wildman–Crippen MR) is 113 cm³/mol. The third-order valence-corrected chi connectivity index (χ3v) is 8.58. The summed E-state index contributed by atoms with van der Waals surface area (Å²) in [6.45, 7) is -0.605. The van der Waals surface area contributed by atoms with Crippen molar-refractivity contribution >= 4 is 53.7 Å².